The van der Waals surface area contributed by atoms with Gasteiger partial charge >= 0.3 is 5.97 Å². The predicted molar refractivity (Wildman–Crippen MR) is 146 cm³/mol. The molecule has 0 saturated heterocycles. The highest BCUT2D eigenvalue weighted by Crippen LogP contribution is 2.36. The van der Waals surface area contributed by atoms with Crippen molar-refractivity contribution in [2.45, 2.75) is 13.0 Å². The Morgan fingerprint density at radius 3 is 2.64 bits per heavy atom. The highest BCUT2D eigenvalue weighted by molar-refractivity contribution is 9.10. The van der Waals surface area contributed by atoms with Crippen molar-refractivity contribution < 1.29 is 14.3 Å². The van der Waals surface area contributed by atoms with Gasteiger partial charge in [-0.2, -0.15) is 0 Å². The third-order valence-electron chi connectivity index (χ3n) is 5.66. The molecule has 0 bridgehead atoms. The number of hydrogen-bond acceptors (Lipinski definition) is 7. The number of carbonyl (C=O) groups excluding carboxylic acids is 1. The number of thiazole rings is 1. The van der Waals surface area contributed by atoms with E-state index in [1.165, 1.54) is 22.7 Å². The van der Waals surface area contributed by atoms with Crippen LogP contribution >= 0.6 is 38.6 Å². The maximum absolute atomic E-state index is 13.8. The van der Waals surface area contributed by atoms with Gasteiger partial charge in [-0.05, 0) is 58.1 Å². The van der Waals surface area contributed by atoms with Gasteiger partial charge in [-0.1, -0.05) is 53.8 Å². The normalized spacial score (nSPS) is 15.4. The van der Waals surface area contributed by atoms with Crippen molar-refractivity contribution in [2.24, 2.45) is 4.99 Å². The second-order valence-corrected chi connectivity index (χ2v) is 10.7. The summed E-state index contributed by atoms with van der Waals surface area (Å²) in [5.41, 5.74) is 2.30. The molecule has 0 N–H and O–H groups in total. The topological polar surface area (TPSA) is 69.9 Å². The van der Waals surface area contributed by atoms with E-state index in [2.05, 4.69) is 15.9 Å². The first-order valence-corrected chi connectivity index (χ1v) is 13.7. The molecule has 0 radical (unpaired) electrons. The van der Waals surface area contributed by atoms with E-state index in [-0.39, 0.29) is 12.2 Å². The quantitative estimate of drug-likeness (QED) is 0.308. The number of halogens is 1. The largest absolute Gasteiger partial charge is 0.496 e. The van der Waals surface area contributed by atoms with Gasteiger partial charge in [0, 0.05) is 10.4 Å². The van der Waals surface area contributed by atoms with Gasteiger partial charge in [0.15, 0.2) is 4.80 Å². The average Bonchev–Trinajstić information content (AvgIpc) is 3.52. The standard InChI is InChI=1S/C27H21BrN2O4S2/c1-3-34-26(32)22-23(17-8-5-4-6-9-17)29-27-30(24(22)20-10-7-13-35-20)25(31)21(36-27)15-16-11-12-19(33-2)18(28)14-16/h4-15,24H,3H2,1-2H3. The lowest BCUT2D eigenvalue weighted by atomic mass is 9.97. The summed E-state index contributed by atoms with van der Waals surface area (Å²) in [5.74, 6) is 0.227. The number of esters is 1. The molecular formula is C27H21BrN2O4S2. The number of methoxy groups -OCH3 is 1. The molecule has 1 atom stereocenters. The van der Waals surface area contributed by atoms with Gasteiger partial charge in [0.25, 0.3) is 5.56 Å². The Balaban J connectivity index is 1.78. The van der Waals surface area contributed by atoms with Crippen LogP contribution in [0, 0.1) is 0 Å². The van der Waals surface area contributed by atoms with Crippen molar-refractivity contribution in [3.63, 3.8) is 0 Å². The Morgan fingerprint density at radius 2 is 1.97 bits per heavy atom. The van der Waals surface area contributed by atoms with Crippen LogP contribution in [0.3, 0.4) is 0 Å². The summed E-state index contributed by atoms with van der Waals surface area (Å²) in [5, 5.41) is 1.94. The summed E-state index contributed by atoms with van der Waals surface area (Å²) in [6, 6.07) is 18.4. The minimum Gasteiger partial charge on any atom is -0.496 e. The lowest BCUT2D eigenvalue weighted by molar-refractivity contribution is -0.138. The SMILES string of the molecule is CCOC(=O)C1=C(c2ccccc2)N=c2sc(=Cc3ccc(OC)c(Br)c3)c(=O)n2C1c1cccs1. The predicted octanol–water partition coefficient (Wildman–Crippen LogP) is 4.77. The molecule has 182 valence electrons. The number of ether oxygens (including phenoxy) is 2. The fourth-order valence-electron chi connectivity index (χ4n) is 4.08. The van der Waals surface area contributed by atoms with Gasteiger partial charge in [-0.3, -0.25) is 9.36 Å². The monoisotopic (exact) mass is 580 g/mol. The number of carbonyl (C=O) groups is 1. The first kappa shape index (κ1) is 24.4. The zero-order chi connectivity index (χ0) is 25.2. The highest BCUT2D eigenvalue weighted by atomic mass is 79.9. The molecule has 2 aromatic heterocycles. The summed E-state index contributed by atoms with van der Waals surface area (Å²) in [7, 11) is 1.61. The molecular weight excluding hydrogens is 560 g/mol. The summed E-state index contributed by atoms with van der Waals surface area (Å²) < 4.78 is 13.7. The molecule has 0 amide bonds. The van der Waals surface area contributed by atoms with Crippen LogP contribution < -0.4 is 19.6 Å². The number of fused-ring (bicyclic) bond motifs is 1. The number of nitrogens with zero attached hydrogens (tertiary/aromatic N) is 2. The van der Waals surface area contributed by atoms with Crippen molar-refractivity contribution in [1.82, 2.24) is 4.57 Å². The fraction of sp³-hybridized carbons (Fsp3) is 0.148. The Labute approximate surface area is 223 Å². The summed E-state index contributed by atoms with van der Waals surface area (Å²) >= 11 is 6.29. The number of benzene rings is 2. The first-order valence-electron chi connectivity index (χ1n) is 11.2. The van der Waals surface area contributed by atoms with Crippen molar-refractivity contribution in [2.75, 3.05) is 13.7 Å². The van der Waals surface area contributed by atoms with Crippen molar-refractivity contribution in [3.8, 4) is 5.75 Å². The lowest BCUT2D eigenvalue weighted by Crippen LogP contribution is -2.39. The van der Waals surface area contributed by atoms with Crippen molar-refractivity contribution in [3.05, 3.63) is 112 Å². The fourth-order valence-corrected chi connectivity index (χ4v) is 6.46. The van der Waals surface area contributed by atoms with Crippen LogP contribution in [0.15, 0.2) is 85.9 Å². The molecule has 5 rings (SSSR count). The number of hydrogen-bond donors (Lipinski definition) is 0. The molecule has 3 heterocycles. The highest BCUT2D eigenvalue weighted by Gasteiger charge is 2.35. The number of rotatable bonds is 6. The van der Waals surface area contributed by atoms with Crippen LogP contribution in [0.2, 0.25) is 0 Å². The maximum Gasteiger partial charge on any atom is 0.338 e. The Bertz CT molecular complexity index is 1640. The zero-order valence-electron chi connectivity index (χ0n) is 19.4. The van der Waals surface area contributed by atoms with Gasteiger partial charge in [-0.25, -0.2) is 9.79 Å². The lowest BCUT2D eigenvalue weighted by Gasteiger charge is -2.24. The molecule has 2 aromatic carbocycles. The van der Waals surface area contributed by atoms with Gasteiger partial charge in [0.2, 0.25) is 0 Å². The van der Waals surface area contributed by atoms with E-state index in [0.717, 1.165) is 20.5 Å². The zero-order valence-corrected chi connectivity index (χ0v) is 22.7. The smallest absolute Gasteiger partial charge is 0.338 e. The summed E-state index contributed by atoms with van der Waals surface area (Å²) in [6.45, 7) is 1.99. The molecule has 0 fully saturated rings. The Morgan fingerprint density at radius 1 is 1.17 bits per heavy atom. The first-order chi connectivity index (χ1) is 17.5. The van der Waals surface area contributed by atoms with E-state index in [9.17, 15) is 9.59 Å². The molecule has 1 aliphatic rings. The molecule has 0 aliphatic carbocycles. The van der Waals surface area contributed by atoms with Crippen LogP contribution in [-0.2, 0) is 9.53 Å². The van der Waals surface area contributed by atoms with Crippen LogP contribution in [-0.4, -0.2) is 24.3 Å². The molecule has 0 spiro atoms. The minimum atomic E-state index is -0.639. The van der Waals surface area contributed by atoms with E-state index in [0.29, 0.717) is 26.4 Å². The van der Waals surface area contributed by atoms with Gasteiger partial charge in [0.1, 0.15) is 11.8 Å². The molecule has 0 saturated carbocycles. The van der Waals surface area contributed by atoms with E-state index in [1.807, 2.05) is 72.1 Å². The average molecular weight is 582 g/mol. The van der Waals surface area contributed by atoms with Gasteiger partial charge in [0.05, 0.1) is 34.0 Å². The third kappa shape index (κ3) is 4.50. The van der Waals surface area contributed by atoms with Crippen LogP contribution in [0.4, 0.5) is 0 Å². The number of aromatic nitrogens is 1. The van der Waals surface area contributed by atoms with Crippen molar-refractivity contribution in [1.29, 1.82) is 0 Å². The van der Waals surface area contributed by atoms with Gasteiger partial charge in [-0.15, -0.1) is 11.3 Å². The Kier molecular flexibility index (Phi) is 7.04. The minimum absolute atomic E-state index is 0.210. The van der Waals surface area contributed by atoms with E-state index < -0.39 is 12.0 Å². The molecule has 36 heavy (non-hydrogen) atoms. The second kappa shape index (κ2) is 10.4. The van der Waals surface area contributed by atoms with Crippen LogP contribution in [0.25, 0.3) is 11.8 Å². The third-order valence-corrected chi connectivity index (χ3v) is 8.19. The number of thiophene rings is 1. The van der Waals surface area contributed by atoms with Crippen molar-refractivity contribution >= 4 is 56.3 Å². The molecule has 4 aromatic rings. The maximum atomic E-state index is 13.8. The molecule has 6 nitrogen and oxygen atoms in total. The van der Waals surface area contributed by atoms with E-state index >= 15 is 0 Å². The Hall–Kier alpha value is -3.27. The van der Waals surface area contributed by atoms with Crippen LogP contribution in [0.1, 0.15) is 29.0 Å². The summed E-state index contributed by atoms with van der Waals surface area (Å²) in [6.07, 6.45) is 1.83. The summed E-state index contributed by atoms with van der Waals surface area (Å²) in [4.78, 5) is 33.3. The van der Waals surface area contributed by atoms with Crippen LogP contribution in [0.5, 0.6) is 5.75 Å². The van der Waals surface area contributed by atoms with E-state index in [4.69, 9.17) is 14.5 Å². The molecule has 1 unspecified atom stereocenters. The van der Waals surface area contributed by atoms with Gasteiger partial charge < -0.3 is 9.47 Å². The van der Waals surface area contributed by atoms with E-state index in [1.54, 1.807) is 18.6 Å². The second-order valence-electron chi connectivity index (χ2n) is 7.84. The molecule has 9 heteroatoms. The molecule has 1 aliphatic heterocycles.